The van der Waals surface area contributed by atoms with Crippen molar-refractivity contribution in [3.05, 3.63) is 48.4 Å². The van der Waals surface area contributed by atoms with Gasteiger partial charge in [0.2, 0.25) is 5.88 Å². The zero-order valence-corrected chi connectivity index (χ0v) is 13.1. The van der Waals surface area contributed by atoms with E-state index in [1.165, 1.54) is 12.4 Å². The van der Waals surface area contributed by atoms with Gasteiger partial charge in [-0.2, -0.15) is 10.2 Å². The Hall–Kier alpha value is -2.54. The van der Waals surface area contributed by atoms with Gasteiger partial charge in [-0.25, -0.2) is 4.98 Å². The number of pyridine rings is 1. The van der Waals surface area contributed by atoms with Gasteiger partial charge in [0.25, 0.3) is 5.91 Å². The SMILES string of the molecule is O=C(c1ccnnc1)N1CC[C@@H](Oc2ccccn2)[C@H]2OCC[C@@H]21. The van der Waals surface area contributed by atoms with Gasteiger partial charge < -0.3 is 14.4 Å². The summed E-state index contributed by atoms with van der Waals surface area (Å²) >= 11 is 0. The second-order valence-electron chi connectivity index (χ2n) is 5.93. The summed E-state index contributed by atoms with van der Waals surface area (Å²) in [5.74, 6) is 0.566. The fourth-order valence-corrected chi connectivity index (χ4v) is 3.42. The molecule has 4 heterocycles. The molecular weight excluding hydrogens is 308 g/mol. The number of carbonyl (C=O) groups is 1. The highest BCUT2D eigenvalue weighted by Crippen LogP contribution is 2.31. The molecule has 0 unspecified atom stereocenters. The van der Waals surface area contributed by atoms with Crippen LogP contribution in [0.1, 0.15) is 23.2 Å². The second-order valence-corrected chi connectivity index (χ2v) is 5.93. The zero-order chi connectivity index (χ0) is 16.4. The third-order valence-electron chi connectivity index (χ3n) is 4.53. The molecule has 7 heteroatoms. The molecule has 2 fully saturated rings. The number of fused-ring (bicyclic) bond motifs is 1. The van der Waals surface area contributed by atoms with Crippen molar-refractivity contribution < 1.29 is 14.3 Å². The fraction of sp³-hybridized carbons (Fsp3) is 0.412. The summed E-state index contributed by atoms with van der Waals surface area (Å²) in [6.07, 6.45) is 6.05. The summed E-state index contributed by atoms with van der Waals surface area (Å²) in [7, 11) is 0. The van der Waals surface area contributed by atoms with Gasteiger partial charge in [-0.3, -0.25) is 4.79 Å². The normalized spacial score (nSPS) is 26.0. The Morgan fingerprint density at radius 1 is 1.21 bits per heavy atom. The van der Waals surface area contributed by atoms with Crippen LogP contribution in [0.25, 0.3) is 0 Å². The number of piperidine rings is 1. The highest BCUT2D eigenvalue weighted by molar-refractivity contribution is 5.94. The Kier molecular flexibility index (Phi) is 4.08. The van der Waals surface area contributed by atoms with Crippen LogP contribution in [0.4, 0.5) is 0 Å². The van der Waals surface area contributed by atoms with Crippen LogP contribution in [0.15, 0.2) is 42.9 Å². The van der Waals surface area contributed by atoms with Gasteiger partial charge in [-0.05, 0) is 18.6 Å². The number of aromatic nitrogens is 3. The molecule has 0 saturated carbocycles. The van der Waals surface area contributed by atoms with Crippen molar-refractivity contribution in [1.29, 1.82) is 0 Å². The molecule has 124 valence electrons. The van der Waals surface area contributed by atoms with Crippen LogP contribution >= 0.6 is 0 Å². The molecule has 1 amide bonds. The average Bonchev–Trinajstić information content (AvgIpc) is 3.13. The topological polar surface area (TPSA) is 77.4 Å². The largest absolute Gasteiger partial charge is 0.471 e. The monoisotopic (exact) mass is 326 g/mol. The van der Waals surface area contributed by atoms with E-state index in [1.54, 1.807) is 12.3 Å². The summed E-state index contributed by atoms with van der Waals surface area (Å²) in [5, 5.41) is 7.52. The van der Waals surface area contributed by atoms with E-state index in [2.05, 4.69) is 15.2 Å². The van der Waals surface area contributed by atoms with E-state index in [0.717, 1.165) is 6.42 Å². The predicted molar refractivity (Wildman–Crippen MR) is 84.5 cm³/mol. The lowest BCUT2D eigenvalue weighted by Gasteiger charge is -2.40. The van der Waals surface area contributed by atoms with Crippen LogP contribution in [0.5, 0.6) is 5.88 Å². The standard InChI is InChI=1S/C17H18N4O3/c22-17(12-4-8-19-20-11-12)21-9-5-14(16-13(21)6-10-23-16)24-15-3-1-2-7-18-15/h1-4,7-8,11,13-14,16H,5-6,9-10H2/t13-,14+,16-/m0/s1. The van der Waals surface area contributed by atoms with Gasteiger partial charge in [0.1, 0.15) is 12.2 Å². The molecule has 2 aliphatic heterocycles. The van der Waals surface area contributed by atoms with E-state index in [9.17, 15) is 4.79 Å². The van der Waals surface area contributed by atoms with Crippen molar-refractivity contribution in [1.82, 2.24) is 20.1 Å². The molecule has 2 aliphatic rings. The van der Waals surface area contributed by atoms with Crippen molar-refractivity contribution in [2.24, 2.45) is 0 Å². The summed E-state index contributed by atoms with van der Waals surface area (Å²) in [6, 6.07) is 7.30. The first-order chi connectivity index (χ1) is 11.8. The number of hydrogen-bond donors (Lipinski definition) is 0. The molecule has 2 saturated heterocycles. The van der Waals surface area contributed by atoms with Gasteiger partial charge in [0, 0.05) is 31.8 Å². The van der Waals surface area contributed by atoms with Crippen LogP contribution in [-0.4, -0.2) is 57.4 Å². The summed E-state index contributed by atoms with van der Waals surface area (Å²) in [6.45, 7) is 1.26. The first-order valence-electron chi connectivity index (χ1n) is 8.10. The minimum atomic E-state index is -0.125. The van der Waals surface area contributed by atoms with Gasteiger partial charge in [0.15, 0.2) is 0 Å². The molecule has 7 nitrogen and oxygen atoms in total. The van der Waals surface area contributed by atoms with Crippen LogP contribution in [0.2, 0.25) is 0 Å². The Labute approximate surface area is 139 Å². The average molecular weight is 326 g/mol. The van der Waals surface area contributed by atoms with E-state index in [4.69, 9.17) is 9.47 Å². The zero-order valence-electron chi connectivity index (χ0n) is 13.1. The van der Waals surface area contributed by atoms with Crippen LogP contribution in [0, 0.1) is 0 Å². The Balaban J connectivity index is 1.50. The number of hydrogen-bond acceptors (Lipinski definition) is 6. The fourth-order valence-electron chi connectivity index (χ4n) is 3.42. The maximum Gasteiger partial charge on any atom is 0.255 e. The molecule has 0 N–H and O–H groups in total. The van der Waals surface area contributed by atoms with Crippen LogP contribution in [-0.2, 0) is 4.74 Å². The Morgan fingerprint density at radius 2 is 2.17 bits per heavy atom. The maximum atomic E-state index is 12.8. The third-order valence-corrected chi connectivity index (χ3v) is 4.53. The van der Waals surface area contributed by atoms with Crippen molar-refractivity contribution in [3.63, 3.8) is 0 Å². The second kappa shape index (κ2) is 6.52. The lowest BCUT2D eigenvalue weighted by Crippen LogP contribution is -2.56. The van der Waals surface area contributed by atoms with E-state index >= 15 is 0 Å². The van der Waals surface area contributed by atoms with Crippen molar-refractivity contribution in [3.8, 4) is 5.88 Å². The first-order valence-corrected chi connectivity index (χ1v) is 8.10. The molecule has 0 aliphatic carbocycles. The Morgan fingerprint density at radius 3 is 2.96 bits per heavy atom. The van der Waals surface area contributed by atoms with Gasteiger partial charge >= 0.3 is 0 Å². The smallest absolute Gasteiger partial charge is 0.255 e. The van der Waals surface area contributed by atoms with Crippen LogP contribution in [0.3, 0.4) is 0 Å². The number of carbonyl (C=O) groups excluding carboxylic acids is 1. The minimum absolute atomic E-state index is 0.0214. The predicted octanol–water partition coefficient (Wildman–Crippen LogP) is 1.32. The molecule has 2 aromatic heterocycles. The molecular formula is C17H18N4O3. The molecule has 24 heavy (non-hydrogen) atoms. The summed E-state index contributed by atoms with van der Waals surface area (Å²) < 4.78 is 11.9. The quantitative estimate of drug-likeness (QED) is 0.847. The number of likely N-dealkylation sites (tertiary alicyclic amines) is 1. The highest BCUT2D eigenvalue weighted by Gasteiger charge is 2.45. The summed E-state index contributed by atoms with van der Waals surface area (Å²) in [5.41, 5.74) is 0.555. The third kappa shape index (κ3) is 2.82. The van der Waals surface area contributed by atoms with Gasteiger partial charge in [-0.15, -0.1) is 0 Å². The van der Waals surface area contributed by atoms with E-state index in [0.29, 0.717) is 31.0 Å². The lowest BCUT2D eigenvalue weighted by molar-refractivity contribution is -0.0476. The number of rotatable bonds is 3. The molecule has 0 bridgehead atoms. The molecule has 3 atom stereocenters. The number of nitrogens with zero attached hydrogens (tertiary/aromatic N) is 4. The first kappa shape index (κ1) is 15.0. The molecule has 0 aromatic carbocycles. The number of amides is 1. The lowest BCUT2D eigenvalue weighted by atomic mass is 9.95. The minimum Gasteiger partial charge on any atom is -0.471 e. The van der Waals surface area contributed by atoms with Gasteiger partial charge in [-0.1, -0.05) is 6.07 Å². The molecule has 4 rings (SSSR count). The van der Waals surface area contributed by atoms with Crippen molar-refractivity contribution in [2.75, 3.05) is 13.2 Å². The van der Waals surface area contributed by atoms with Crippen LogP contribution < -0.4 is 4.74 Å². The number of ether oxygens (including phenoxy) is 2. The molecule has 2 aromatic rings. The van der Waals surface area contributed by atoms with Crippen molar-refractivity contribution >= 4 is 5.91 Å². The van der Waals surface area contributed by atoms with Gasteiger partial charge in [0.05, 0.1) is 24.0 Å². The Bertz CT molecular complexity index is 697. The van der Waals surface area contributed by atoms with E-state index < -0.39 is 0 Å². The molecule has 0 spiro atoms. The maximum absolute atomic E-state index is 12.8. The van der Waals surface area contributed by atoms with E-state index in [1.807, 2.05) is 23.1 Å². The summed E-state index contributed by atoms with van der Waals surface area (Å²) in [4.78, 5) is 18.9. The van der Waals surface area contributed by atoms with Crippen molar-refractivity contribution in [2.45, 2.75) is 31.1 Å². The highest BCUT2D eigenvalue weighted by atomic mass is 16.5. The molecule has 0 radical (unpaired) electrons. The van der Waals surface area contributed by atoms with E-state index in [-0.39, 0.29) is 24.2 Å².